The zero-order valence-corrected chi connectivity index (χ0v) is 13.6. The number of hydrogen-bond donors (Lipinski definition) is 1. The molecule has 2 heterocycles. The largest absolute Gasteiger partial charge is 0.392 e. The number of aryl methyl sites for hydroxylation is 1. The zero-order chi connectivity index (χ0) is 16.4. The summed E-state index contributed by atoms with van der Waals surface area (Å²) in [5, 5.41) is 18.1. The van der Waals surface area contributed by atoms with E-state index < -0.39 is 0 Å². The van der Waals surface area contributed by atoms with Crippen LogP contribution >= 0.6 is 0 Å². The molecule has 0 bridgehead atoms. The Morgan fingerprint density at radius 1 is 1.17 bits per heavy atom. The summed E-state index contributed by atoms with van der Waals surface area (Å²) in [7, 11) is 0. The molecule has 0 aliphatic heterocycles. The van der Waals surface area contributed by atoms with Crippen LogP contribution in [0.5, 0.6) is 0 Å². The molecule has 5 heteroatoms. The molecule has 0 saturated carbocycles. The van der Waals surface area contributed by atoms with Crippen LogP contribution in [0, 0.1) is 6.92 Å². The molecule has 0 fully saturated rings. The third-order valence-electron chi connectivity index (χ3n) is 3.68. The molecule has 1 aromatic carbocycles. The van der Waals surface area contributed by atoms with Gasteiger partial charge in [-0.15, -0.1) is 10.2 Å². The molecule has 0 saturated heterocycles. The monoisotopic (exact) mass is 308 g/mol. The van der Waals surface area contributed by atoms with Gasteiger partial charge in [0.05, 0.1) is 18.0 Å². The van der Waals surface area contributed by atoms with Crippen LogP contribution in [0.1, 0.15) is 36.6 Å². The maximum atomic E-state index is 9.28. The van der Waals surface area contributed by atoms with Crippen molar-refractivity contribution in [2.45, 2.75) is 33.3 Å². The minimum atomic E-state index is 0.000511. The molecule has 0 unspecified atom stereocenters. The van der Waals surface area contributed by atoms with Crippen LogP contribution in [0.2, 0.25) is 0 Å². The van der Waals surface area contributed by atoms with Gasteiger partial charge in [-0.25, -0.2) is 4.98 Å². The number of fused-ring (bicyclic) bond motifs is 1. The topological polar surface area (TPSA) is 62.2 Å². The Balaban J connectivity index is 2.09. The third kappa shape index (κ3) is 3.14. The van der Waals surface area contributed by atoms with Crippen LogP contribution in [-0.2, 0) is 6.61 Å². The highest BCUT2D eigenvalue weighted by atomic mass is 16.3. The number of aromatic nitrogens is 2. The van der Waals surface area contributed by atoms with Crippen LogP contribution in [0.15, 0.2) is 52.8 Å². The molecule has 118 valence electrons. The van der Waals surface area contributed by atoms with Gasteiger partial charge in [0.25, 0.3) is 0 Å². The highest BCUT2D eigenvalue weighted by molar-refractivity contribution is 5.54. The molecule has 5 nitrogen and oxygen atoms in total. The summed E-state index contributed by atoms with van der Waals surface area (Å²) in [6.07, 6.45) is 1.88. The van der Waals surface area contributed by atoms with Gasteiger partial charge in [0.15, 0.2) is 5.82 Å². The van der Waals surface area contributed by atoms with Gasteiger partial charge in [-0.3, -0.25) is 4.40 Å². The first-order chi connectivity index (χ1) is 11.1. The average molecular weight is 308 g/mol. The third-order valence-corrected chi connectivity index (χ3v) is 3.68. The lowest BCUT2D eigenvalue weighted by Crippen LogP contribution is -1.88. The van der Waals surface area contributed by atoms with E-state index in [0.717, 1.165) is 34.0 Å². The van der Waals surface area contributed by atoms with Crippen molar-refractivity contribution in [2.24, 2.45) is 10.2 Å². The van der Waals surface area contributed by atoms with E-state index in [1.54, 1.807) is 0 Å². The first-order valence-electron chi connectivity index (χ1n) is 7.68. The standard InChI is InChI=1S/C18H20N4O/c1-12(2)17-18(21-20-15-6-4-5-13(3)9-15)22-8-7-14(11-23)10-16(22)19-17/h4-10,12,23H,11H2,1-3H3. The lowest BCUT2D eigenvalue weighted by Gasteiger charge is -2.02. The molecule has 1 N–H and O–H groups in total. The van der Waals surface area contributed by atoms with Gasteiger partial charge in [0.1, 0.15) is 5.65 Å². The van der Waals surface area contributed by atoms with E-state index in [9.17, 15) is 5.11 Å². The van der Waals surface area contributed by atoms with Crippen LogP contribution < -0.4 is 0 Å². The number of aliphatic hydroxyl groups excluding tert-OH is 1. The maximum absolute atomic E-state index is 9.28. The second-order valence-electron chi connectivity index (χ2n) is 5.94. The smallest absolute Gasteiger partial charge is 0.183 e. The number of nitrogens with zero attached hydrogens (tertiary/aromatic N) is 4. The summed E-state index contributed by atoms with van der Waals surface area (Å²) in [6.45, 7) is 6.20. The molecule has 0 aliphatic carbocycles. The molecule has 0 aliphatic rings. The summed E-state index contributed by atoms with van der Waals surface area (Å²) in [5.74, 6) is 0.972. The molecule has 3 rings (SSSR count). The number of benzene rings is 1. The Morgan fingerprint density at radius 3 is 2.70 bits per heavy atom. The van der Waals surface area contributed by atoms with E-state index in [2.05, 4.69) is 29.1 Å². The molecule has 0 radical (unpaired) electrons. The normalized spacial score (nSPS) is 11.9. The predicted molar refractivity (Wildman–Crippen MR) is 90.6 cm³/mol. The first kappa shape index (κ1) is 15.4. The van der Waals surface area contributed by atoms with E-state index >= 15 is 0 Å². The van der Waals surface area contributed by atoms with Gasteiger partial charge in [-0.2, -0.15) is 0 Å². The maximum Gasteiger partial charge on any atom is 0.183 e. The van der Waals surface area contributed by atoms with E-state index in [-0.39, 0.29) is 12.5 Å². The Morgan fingerprint density at radius 2 is 2.00 bits per heavy atom. The van der Waals surface area contributed by atoms with Crippen LogP contribution in [0.3, 0.4) is 0 Å². The number of imidazole rings is 1. The molecule has 0 atom stereocenters. The van der Waals surface area contributed by atoms with E-state index in [1.807, 2.05) is 53.9 Å². The quantitative estimate of drug-likeness (QED) is 0.712. The second-order valence-corrected chi connectivity index (χ2v) is 5.94. The first-order valence-corrected chi connectivity index (χ1v) is 7.68. The summed E-state index contributed by atoms with van der Waals surface area (Å²) < 4.78 is 1.91. The highest BCUT2D eigenvalue weighted by Gasteiger charge is 2.15. The number of azo groups is 1. The van der Waals surface area contributed by atoms with Gasteiger partial charge < -0.3 is 5.11 Å². The Hall–Kier alpha value is -2.53. The predicted octanol–water partition coefficient (Wildman–Crippen LogP) is 4.67. The van der Waals surface area contributed by atoms with Crippen LogP contribution in [0.25, 0.3) is 5.65 Å². The van der Waals surface area contributed by atoms with Crippen LogP contribution in [0.4, 0.5) is 11.5 Å². The zero-order valence-electron chi connectivity index (χ0n) is 13.6. The van der Waals surface area contributed by atoms with Gasteiger partial charge >= 0.3 is 0 Å². The molecule has 3 aromatic rings. The molecule has 23 heavy (non-hydrogen) atoms. The fourth-order valence-corrected chi connectivity index (χ4v) is 2.47. The summed E-state index contributed by atoms with van der Waals surface area (Å²) >= 11 is 0. The fraction of sp³-hybridized carbons (Fsp3) is 0.278. The van der Waals surface area contributed by atoms with Gasteiger partial charge in [0.2, 0.25) is 0 Å². The molecular formula is C18H20N4O. The van der Waals surface area contributed by atoms with Crippen molar-refractivity contribution in [3.63, 3.8) is 0 Å². The van der Waals surface area contributed by atoms with E-state index in [0.29, 0.717) is 0 Å². The van der Waals surface area contributed by atoms with Gasteiger partial charge in [0, 0.05) is 6.20 Å². The molecule has 0 spiro atoms. The van der Waals surface area contributed by atoms with Crippen molar-refractivity contribution < 1.29 is 5.11 Å². The average Bonchev–Trinajstić information content (AvgIpc) is 2.91. The van der Waals surface area contributed by atoms with Crippen molar-refractivity contribution in [1.82, 2.24) is 9.38 Å². The Labute approximate surface area is 135 Å². The fourth-order valence-electron chi connectivity index (χ4n) is 2.47. The second kappa shape index (κ2) is 6.30. The summed E-state index contributed by atoms with van der Waals surface area (Å²) in [5.41, 5.74) is 4.48. The summed E-state index contributed by atoms with van der Waals surface area (Å²) in [4.78, 5) is 4.65. The lowest BCUT2D eigenvalue weighted by molar-refractivity contribution is 0.282. The molecule has 2 aromatic heterocycles. The van der Waals surface area contributed by atoms with Crippen molar-refractivity contribution in [2.75, 3.05) is 0 Å². The number of hydrogen-bond acceptors (Lipinski definition) is 4. The van der Waals surface area contributed by atoms with Gasteiger partial charge in [-0.05, 0) is 48.2 Å². The van der Waals surface area contributed by atoms with Crippen molar-refractivity contribution in [3.05, 3.63) is 59.4 Å². The van der Waals surface area contributed by atoms with E-state index in [1.165, 1.54) is 0 Å². The lowest BCUT2D eigenvalue weighted by atomic mass is 10.1. The Bertz CT molecular complexity index is 865. The molecular weight excluding hydrogens is 288 g/mol. The number of rotatable bonds is 4. The number of aliphatic hydroxyl groups is 1. The minimum Gasteiger partial charge on any atom is -0.392 e. The van der Waals surface area contributed by atoms with Crippen molar-refractivity contribution in [1.29, 1.82) is 0 Å². The minimum absolute atomic E-state index is 0.000511. The summed E-state index contributed by atoms with van der Waals surface area (Å²) in [6, 6.07) is 11.7. The Kier molecular flexibility index (Phi) is 4.21. The van der Waals surface area contributed by atoms with Crippen LogP contribution in [-0.4, -0.2) is 14.5 Å². The number of pyridine rings is 1. The van der Waals surface area contributed by atoms with E-state index in [4.69, 9.17) is 0 Å². The van der Waals surface area contributed by atoms with Gasteiger partial charge in [-0.1, -0.05) is 26.0 Å². The SMILES string of the molecule is Cc1cccc(N=Nc2c(C(C)C)nc3cc(CO)ccn23)c1. The van der Waals surface area contributed by atoms with Crippen molar-refractivity contribution >= 4 is 17.2 Å². The highest BCUT2D eigenvalue weighted by Crippen LogP contribution is 2.29. The van der Waals surface area contributed by atoms with Crippen molar-refractivity contribution in [3.8, 4) is 0 Å². The molecule has 0 amide bonds.